The smallest absolute Gasteiger partial charge is 0.141 e. The van der Waals surface area contributed by atoms with Gasteiger partial charge in [-0.1, -0.05) is 12.2 Å². The van der Waals surface area contributed by atoms with Gasteiger partial charge in [-0.25, -0.2) is 4.98 Å². The van der Waals surface area contributed by atoms with E-state index >= 15 is 0 Å². The molecule has 4 nitrogen and oxygen atoms in total. The van der Waals surface area contributed by atoms with Gasteiger partial charge in [0, 0.05) is 0 Å². The quantitative estimate of drug-likeness (QED) is 0.679. The molecule has 0 aromatic carbocycles. The third-order valence-electron chi connectivity index (χ3n) is 2.39. The summed E-state index contributed by atoms with van der Waals surface area (Å²) in [7, 11) is 0. The van der Waals surface area contributed by atoms with E-state index in [-0.39, 0.29) is 5.60 Å². The Kier molecular flexibility index (Phi) is 2.21. The zero-order chi connectivity index (χ0) is 10.0. The van der Waals surface area contributed by atoms with Gasteiger partial charge in [-0.2, -0.15) is 0 Å². The number of nitrogens with two attached hydrogens (primary N) is 1. The second-order valence-corrected chi connectivity index (χ2v) is 3.54. The third kappa shape index (κ3) is 1.61. The lowest BCUT2D eigenvalue weighted by molar-refractivity contribution is -0.0296. The van der Waals surface area contributed by atoms with Crippen LogP contribution in [0.2, 0.25) is 0 Å². The Bertz CT molecular complexity index is 347. The molecule has 0 saturated heterocycles. The predicted molar refractivity (Wildman–Crippen MR) is 53.5 cm³/mol. The van der Waals surface area contributed by atoms with Crippen molar-refractivity contribution in [1.29, 1.82) is 0 Å². The molecule has 74 valence electrons. The monoisotopic (exact) mass is 191 g/mol. The number of ether oxygens (including phenoxy) is 1. The van der Waals surface area contributed by atoms with Crippen molar-refractivity contribution in [3.05, 3.63) is 30.2 Å². The summed E-state index contributed by atoms with van der Waals surface area (Å²) in [4.78, 5) is 8.24. The molecule has 2 rings (SSSR count). The molecule has 1 aromatic rings. The summed E-state index contributed by atoms with van der Waals surface area (Å²) in [6.45, 7) is 2.64. The Balaban J connectivity index is 2.29. The molecule has 2 N–H and O–H groups in total. The zero-order valence-corrected chi connectivity index (χ0v) is 8.10. The van der Waals surface area contributed by atoms with Crippen molar-refractivity contribution in [2.75, 3.05) is 12.3 Å². The lowest BCUT2D eigenvalue weighted by atomic mass is 9.96. The molecule has 0 spiro atoms. The highest BCUT2D eigenvalue weighted by atomic mass is 16.5. The number of nitrogen functional groups attached to an aromatic ring is 1. The number of anilines is 1. The van der Waals surface area contributed by atoms with Crippen LogP contribution in [-0.4, -0.2) is 16.6 Å². The molecule has 1 aliphatic heterocycles. The first-order valence-corrected chi connectivity index (χ1v) is 4.58. The molecule has 1 atom stereocenters. The Morgan fingerprint density at radius 3 is 2.79 bits per heavy atom. The van der Waals surface area contributed by atoms with Gasteiger partial charge in [0.25, 0.3) is 0 Å². The van der Waals surface area contributed by atoms with Crippen LogP contribution in [0.1, 0.15) is 19.0 Å². The average molecular weight is 191 g/mol. The molecule has 4 heteroatoms. The van der Waals surface area contributed by atoms with E-state index in [0.717, 1.165) is 12.1 Å². The van der Waals surface area contributed by atoms with E-state index in [1.807, 2.05) is 13.0 Å². The van der Waals surface area contributed by atoms with Crippen LogP contribution < -0.4 is 5.73 Å². The lowest BCUT2D eigenvalue weighted by Crippen LogP contribution is -2.29. The summed E-state index contributed by atoms with van der Waals surface area (Å²) in [5.74, 6) is 0.434. The van der Waals surface area contributed by atoms with E-state index in [2.05, 4.69) is 16.0 Å². The second kappa shape index (κ2) is 3.38. The molecule has 14 heavy (non-hydrogen) atoms. The van der Waals surface area contributed by atoms with Crippen LogP contribution in [0.3, 0.4) is 0 Å². The third-order valence-corrected chi connectivity index (χ3v) is 2.39. The fourth-order valence-electron chi connectivity index (χ4n) is 1.46. The number of hydrogen-bond donors (Lipinski definition) is 1. The Morgan fingerprint density at radius 1 is 1.36 bits per heavy atom. The summed E-state index contributed by atoms with van der Waals surface area (Å²) in [5.41, 5.74) is 5.95. The van der Waals surface area contributed by atoms with Crippen molar-refractivity contribution in [2.24, 2.45) is 0 Å². The highest BCUT2D eigenvalue weighted by molar-refractivity contribution is 5.25. The van der Waals surface area contributed by atoms with Crippen molar-refractivity contribution in [3.63, 3.8) is 0 Å². The molecule has 0 fully saturated rings. The van der Waals surface area contributed by atoms with Crippen LogP contribution in [0.25, 0.3) is 0 Å². The Morgan fingerprint density at radius 2 is 2.21 bits per heavy atom. The van der Waals surface area contributed by atoms with Gasteiger partial charge in [0.05, 0.1) is 24.7 Å². The zero-order valence-electron chi connectivity index (χ0n) is 8.10. The van der Waals surface area contributed by atoms with Crippen LogP contribution in [0.5, 0.6) is 0 Å². The number of nitrogens with zero attached hydrogens (tertiary/aromatic N) is 2. The van der Waals surface area contributed by atoms with Gasteiger partial charge in [-0.3, -0.25) is 4.98 Å². The van der Waals surface area contributed by atoms with Crippen molar-refractivity contribution < 1.29 is 4.74 Å². The van der Waals surface area contributed by atoms with Gasteiger partial charge in [-0.05, 0) is 13.3 Å². The largest absolute Gasteiger partial charge is 0.382 e. The summed E-state index contributed by atoms with van der Waals surface area (Å²) in [5, 5.41) is 0. The van der Waals surface area contributed by atoms with Crippen LogP contribution >= 0.6 is 0 Å². The van der Waals surface area contributed by atoms with Gasteiger partial charge >= 0.3 is 0 Å². The van der Waals surface area contributed by atoms with Crippen LogP contribution in [0, 0.1) is 0 Å². The van der Waals surface area contributed by atoms with E-state index in [4.69, 9.17) is 10.5 Å². The van der Waals surface area contributed by atoms with Gasteiger partial charge in [0.1, 0.15) is 11.4 Å². The normalized spacial score (nSPS) is 26.4. The van der Waals surface area contributed by atoms with Crippen molar-refractivity contribution in [3.8, 4) is 0 Å². The first kappa shape index (κ1) is 9.15. The van der Waals surface area contributed by atoms with Crippen molar-refractivity contribution >= 4 is 5.82 Å². The molecule has 0 radical (unpaired) electrons. The maximum atomic E-state index is 5.66. The summed E-state index contributed by atoms with van der Waals surface area (Å²) < 4.78 is 5.66. The highest BCUT2D eigenvalue weighted by Crippen LogP contribution is 2.29. The van der Waals surface area contributed by atoms with E-state index < -0.39 is 0 Å². The molecular weight excluding hydrogens is 178 g/mol. The fourth-order valence-corrected chi connectivity index (χ4v) is 1.46. The predicted octanol–water partition coefficient (Wildman–Crippen LogP) is 1.25. The van der Waals surface area contributed by atoms with E-state index in [1.54, 1.807) is 12.4 Å². The molecule has 0 saturated carbocycles. The van der Waals surface area contributed by atoms with Crippen LogP contribution in [-0.2, 0) is 10.3 Å². The molecule has 1 unspecified atom stereocenters. The maximum Gasteiger partial charge on any atom is 0.141 e. The SMILES string of the molecule is CC1(c2cnc(N)cn2)CC=CCO1. The first-order valence-electron chi connectivity index (χ1n) is 4.58. The minimum Gasteiger partial charge on any atom is -0.382 e. The Labute approximate surface area is 82.8 Å². The topological polar surface area (TPSA) is 61.0 Å². The highest BCUT2D eigenvalue weighted by Gasteiger charge is 2.29. The molecule has 1 aliphatic rings. The molecule has 0 bridgehead atoms. The van der Waals surface area contributed by atoms with Crippen molar-refractivity contribution in [1.82, 2.24) is 9.97 Å². The fraction of sp³-hybridized carbons (Fsp3) is 0.400. The standard InChI is InChI=1S/C10H13N3O/c1-10(4-2-3-5-14-10)8-6-13-9(11)7-12-8/h2-3,6-7H,4-5H2,1H3,(H2,11,13). The molecule has 0 aliphatic carbocycles. The van der Waals surface area contributed by atoms with Gasteiger partial charge in [0.15, 0.2) is 0 Å². The number of aromatic nitrogens is 2. The molecule has 1 aromatic heterocycles. The van der Waals surface area contributed by atoms with E-state index in [1.165, 1.54) is 0 Å². The van der Waals surface area contributed by atoms with Gasteiger partial charge < -0.3 is 10.5 Å². The van der Waals surface area contributed by atoms with E-state index in [9.17, 15) is 0 Å². The molecule has 0 amide bonds. The summed E-state index contributed by atoms with van der Waals surface area (Å²) in [6.07, 6.45) is 8.16. The molecule has 2 heterocycles. The Hall–Kier alpha value is -1.42. The second-order valence-electron chi connectivity index (χ2n) is 3.54. The number of rotatable bonds is 1. The average Bonchev–Trinajstić information content (AvgIpc) is 2.19. The van der Waals surface area contributed by atoms with Crippen LogP contribution in [0.15, 0.2) is 24.5 Å². The van der Waals surface area contributed by atoms with Crippen LogP contribution in [0.4, 0.5) is 5.82 Å². The van der Waals surface area contributed by atoms with E-state index in [0.29, 0.717) is 12.4 Å². The molecular formula is C10H13N3O. The lowest BCUT2D eigenvalue weighted by Gasteiger charge is -2.29. The van der Waals surface area contributed by atoms with Gasteiger partial charge in [-0.15, -0.1) is 0 Å². The summed E-state index contributed by atoms with van der Waals surface area (Å²) >= 11 is 0. The minimum atomic E-state index is -0.352. The van der Waals surface area contributed by atoms with Gasteiger partial charge in [0.2, 0.25) is 0 Å². The van der Waals surface area contributed by atoms with Crippen molar-refractivity contribution in [2.45, 2.75) is 18.9 Å². The first-order chi connectivity index (χ1) is 6.71. The summed E-state index contributed by atoms with van der Waals surface area (Å²) in [6, 6.07) is 0. The minimum absolute atomic E-state index is 0.352. The maximum absolute atomic E-state index is 5.66. The number of hydrogen-bond acceptors (Lipinski definition) is 4.